The van der Waals surface area contributed by atoms with E-state index in [1.165, 1.54) is 0 Å². The van der Waals surface area contributed by atoms with Gasteiger partial charge in [0.15, 0.2) is 5.92 Å². The first kappa shape index (κ1) is 29.8. The van der Waals surface area contributed by atoms with Crippen LogP contribution in [0.25, 0.3) is 0 Å². The summed E-state index contributed by atoms with van der Waals surface area (Å²) in [5.74, 6) is -3.48. The second kappa shape index (κ2) is 15.7. The molecule has 0 bridgehead atoms. The molecular formula is C26H31BrO8. The summed E-state index contributed by atoms with van der Waals surface area (Å²) in [5, 5.41) is 0. The summed E-state index contributed by atoms with van der Waals surface area (Å²) in [4.78, 5) is 47.5. The molecule has 0 heterocycles. The second-order valence-electron chi connectivity index (χ2n) is 6.81. The van der Waals surface area contributed by atoms with Crippen molar-refractivity contribution in [1.82, 2.24) is 0 Å². The van der Waals surface area contributed by atoms with Crippen molar-refractivity contribution >= 4 is 39.8 Å². The van der Waals surface area contributed by atoms with Gasteiger partial charge in [0.25, 0.3) is 0 Å². The van der Waals surface area contributed by atoms with Crippen LogP contribution in [0.15, 0.2) is 60.7 Å². The molecular weight excluding hydrogens is 520 g/mol. The minimum atomic E-state index is -1.60. The largest absolute Gasteiger partial charge is 0.465 e. The van der Waals surface area contributed by atoms with E-state index in [-0.39, 0.29) is 26.4 Å². The zero-order valence-electron chi connectivity index (χ0n) is 20.3. The van der Waals surface area contributed by atoms with Gasteiger partial charge in [0.05, 0.1) is 26.4 Å². The van der Waals surface area contributed by atoms with Crippen molar-refractivity contribution in [1.29, 1.82) is 0 Å². The fourth-order valence-corrected chi connectivity index (χ4v) is 3.41. The van der Waals surface area contributed by atoms with Crippen LogP contribution in [0.3, 0.4) is 0 Å². The van der Waals surface area contributed by atoms with Crippen molar-refractivity contribution in [3.63, 3.8) is 0 Å². The Morgan fingerprint density at radius 2 is 1.03 bits per heavy atom. The van der Waals surface area contributed by atoms with Gasteiger partial charge >= 0.3 is 23.9 Å². The summed E-state index contributed by atoms with van der Waals surface area (Å²) >= 11 is 3.18. The first-order valence-electron chi connectivity index (χ1n) is 11.2. The summed E-state index contributed by atoms with van der Waals surface area (Å²) < 4.78 is 18.1. The van der Waals surface area contributed by atoms with Crippen LogP contribution in [0.5, 0.6) is 0 Å². The van der Waals surface area contributed by atoms with E-state index < -0.39 is 34.1 Å². The highest BCUT2D eigenvalue weighted by Crippen LogP contribution is 2.34. The predicted octanol–water partition coefficient (Wildman–Crippen LogP) is 4.30. The van der Waals surface area contributed by atoms with Crippen molar-refractivity contribution in [2.75, 3.05) is 26.4 Å². The van der Waals surface area contributed by atoms with Crippen LogP contribution < -0.4 is 0 Å². The molecule has 35 heavy (non-hydrogen) atoms. The van der Waals surface area contributed by atoms with Crippen LogP contribution in [0.4, 0.5) is 0 Å². The van der Waals surface area contributed by atoms with Crippen LogP contribution in [-0.2, 0) is 42.4 Å². The Balaban J connectivity index is 0.000000351. The minimum absolute atomic E-state index is 0.193. The topological polar surface area (TPSA) is 105 Å². The van der Waals surface area contributed by atoms with Gasteiger partial charge in [-0.25, -0.2) is 9.59 Å². The number of benzene rings is 2. The molecule has 0 N–H and O–H groups in total. The van der Waals surface area contributed by atoms with Gasteiger partial charge in [0.1, 0.15) is 0 Å². The molecule has 2 aromatic rings. The Bertz CT molecular complexity index is 910. The van der Waals surface area contributed by atoms with E-state index >= 15 is 0 Å². The van der Waals surface area contributed by atoms with E-state index in [2.05, 4.69) is 15.9 Å². The standard InChI is InChI=1S/C13H15BrO4.C13H16O4/c1-3-17-11(15)13(14,12(16)18-4-2)10-8-6-5-7-9-10;1-3-16-12(14)11(13(15)17-4-2)10-8-6-5-7-9-10/h5-9H,3-4H2,1-2H3;5-9,11H,3-4H2,1-2H3. The average Bonchev–Trinajstić information content (AvgIpc) is 2.86. The van der Waals surface area contributed by atoms with Crippen LogP contribution in [0, 0.1) is 0 Å². The number of ether oxygens (including phenoxy) is 4. The van der Waals surface area contributed by atoms with Crippen LogP contribution >= 0.6 is 15.9 Å². The number of carbonyl (C=O) groups excluding carboxylic acids is 4. The molecule has 0 aliphatic rings. The molecule has 0 aliphatic carbocycles. The quantitative estimate of drug-likeness (QED) is 0.186. The normalized spacial score (nSPS) is 10.5. The van der Waals surface area contributed by atoms with Crippen LogP contribution in [-0.4, -0.2) is 50.3 Å². The Morgan fingerprint density at radius 1 is 0.657 bits per heavy atom. The van der Waals surface area contributed by atoms with Crippen molar-refractivity contribution in [2.24, 2.45) is 0 Å². The molecule has 0 unspecified atom stereocenters. The highest BCUT2D eigenvalue weighted by atomic mass is 79.9. The van der Waals surface area contributed by atoms with Gasteiger partial charge in [-0.1, -0.05) is 76.6 Å². The molecule has 0 aliphatic heterocycles. The van der Waals surface area contributed by atoms with Crippen molar-refractivity contribution < 1.29 is 38.1 Å². The lowest BCUT2D eigenvalue weighted by atomic mass is 9.99. The molecule has 2 aromatic carbocycles. The number of carbonyl (C=O) groups is 4. The third-order valence-electron chi connectivity index (χ3n) is 4.46. The summed E-state index contributed by atoms with van der Waals surface area (Å²) in [6, 6.07) is 17.4. The molecule has 0 aromatic heterocycles. The molecule has 0 radical (unpaired) electrons. The fraction of sp³-hybridized carbons (Fsp3) is 0.385. The van der Waals surface area contributed by atoms with E-state index in [4.69, 9.17) is 18.9 Å². The molecule has 0 fully saturated rings. The third-order valence-corrected chi connectivity index (χ3v) is 5.57. The highest BCUT2D eigenvalue weighted by molar-refractivity contribution is 9.10. The summed E-state index contributed by atoms with van der Waals surface area (Å²) in [5.41, 5.74) is 1.08. The molecule has 0 spiro atoms. The van der Waals surface area contributed by atoms with E-state index in [0.717, 1.165) is 0 Å². The van der Waals surface area contributed by atoms with E-state index in [9.17, 15) is 19.2 Å². The lowest BCUT2D eigenvalue weighted by molar-refractivity contribution is -0.159. The number of esters is 4. The monoisotopic (exact) mass is 550 g/mol. The maximum atomic E-state index is 12.0. The Kier molecular flexibility index (Phi) is 13.3. The Labute approximate surface area is 214 Å². The second-order valence-corrected chi connectivity index (χ2v) is 8.00. The van der Waals surface area contributed by atoms with Crippen LogP contribution in [0.2, 0.25) is 0 Å². The molecule has 0 atom stereocenters. The zero-order chi connectivity index (χ0) is 26.3. The maximum Gasteiger partial charge on any atom is 0.339 e. The van der Waals surface area contributed by atoms with E-state index in [1.807, 2.05) is 6.07 Å². The fourth-order valence-electron chi connectivity index (χ4n) is 2.91. The van der Waals surface area contributed by atoms with Crippen molar-refractivity contribution in [3.05, 3.63) is 71.8 Å². The number of halogens is 1. The summed E-state index contributed by atoms with van der Waals surface area (Å²) in [6.45, 7) is 7.62. The number of hydrogen-bond acceptors (Lipinski definition) is 8. The first-order chi connectivity index (χ1) is 16.8. The molecule has 190 valence electrons. The van der Waals surface area contributed by atoms with Crippen molar-refractivity contribution in [3.8, 4) is 0 Å². The van der Waals surface area contributed by atoms with Gasteiger partial charge < -0.3 is 18.9 Å². The van der Waals surface area contributed by atoms with Crippen molar-refractivity contribution in [2.45, 2.75) is 37.9 Å². The van der Waals surface area contributed by atoms with Gasteiger partial charge in [0, 0.05) is 0 Å². The highest BCUT2D eigenvalue weighted by Gasteiger charge is 2.48. The summed E-state index contributed by atoms with van der Waals surface area (Å²) in [6.07, 6.45) is 0. The SMILES string of the molecule is CCOC(=O)C(Br)(C(=O)OCC)c1ccccc1.CCOC(=O)C(C(=O)OCC)c1ccccc1. The number of alkyl halides is 1. The van der Waals surface area contributed by atoms with Gasteiger partial charge in [0.2, 0.25) is 4.32 Å². The zero-order valence-corrected chi connectivity index (χ0v) is 21.9. The van der Waals surface area contributed by atoms with E-state index in [1.54, 1.807) is 82.3 Å². The first-order valence-corrected chi connectivity index (χ1v) is 12.0. The molecule has 9 heteroatoms. The van der Waals surface area contributed by atoms with Gasteiger partial charge in [-0.2, -0.15) is 0 Å². The Hall–Kier alpha value is -3.20. The smallest absolute Gasteiger partial charge is 0.339 e. The van der Waals surface area contributed by atoms with Gasteiger partial charge in [-0.05, 0) is 38.8 Å². The minimum Gasteiger partial charge on any atom is -0.465 e. The Morgan fingerprint density at radius 3 is 1.40 bits per heavy atom. The average molecular weight is 551 g/mol. The lowest BCUT2D eigenvalue weighted by Crippen LogP contribution is -2.40. The lowest BCUT2D eigenvalue weighted by Gasteiger charge is -2.23. The van der Waals surface area contributed by atoms with Crippen LogP contribution in [0.1, 0.15) is 44.7 Å². The predicted molar refractivity (Wildman–Crippen MR) is 133 cm³/mol. The molecule has 8 nitrogen and oxygen atoms in total. The maximum absolute atomic E-state index is 12.0. The third kappa shape index (κ3) is 8.51. The van der Waals surface area contributed by atoms with E-state index in [0.29, 0.717) is 11.1 Å². The summed E-state index contributed by atoms with van der Waals surface area (Å²) in [7, 11) is 0. The molecule has 0 amide bonds. The molecule has 2 rings (SSSR count). The van der Waals surface area contributed by atoms with Gasteiger partial charge in [-0.3, -0.25) is 9.59 Å². The number of hydrogen-bond donors (Lipinski definition) is 0. The number of rotatable bonds is 10. The molecule has 0 saturated heterocycles. The van der Waals surface area contributed by atoms with Gasteiger partial charge in [-0.15, -0.1) is 0 Å². The molecule has 0 saturated carbocycles.